The fourth-order valence-electron chi connectivity index (χ4n) is 10.2. The van der Waals surface area contributed by atoms with Crippen LogP contribution in [0.3, 0.4) is 0 Å². The Morgan fingerprint density at radius 3 is 2.36 bits per heavy atom. The minimum atomic E-state index is -1.26. The molecule has 2 saturated heterocycles. The summed E-state index contributed by atoms with van der Waals surface area (Å²) in [7, 11) is 1.74. The number of halogens is 1. The second kappa shape index (κ2) is 12.0. The molecule has 6 atom stereocenters. The first-order chi connectivity index (χ1) is 26.5. The molecule has 0 bridgehead atoms. The summed E-state index contributed by atoms with van der Waals surface area (Å²) in [6, 6.07) is 27.5. The van der Waals surface area contributed by atoms with Crippen LogP contribution in [-0.2, 0) is 26.2 Å². The molecule has 11 heteroatoms. The Bertz CT molecular complexity index is 2720. The lowest BCUT2D eigenvalue weighted by Gasteiger charge is -2.49. The normalized spacial score (nSPS) is 26.2. The molecule has 1 N–H and O–H groups in total. The number of carbonyl (C=O) groups excluding carboxylic acids is 4. The van der Waals surface area contributed by atoms with E-state index in [1.165, 1.54) is 9.80 Å². The molecule has 3 fully saturated rings. The summed E-state index contributed by atoms with van der Waals surface area (Å²) in [5, 5.41) is 18.8. The molecule has 1 saturated carbocycles. The lowest BCUT2D eigenvalue weighted by molar-refractivity contribution is -0.131. The van der Waals surface area contributed by atoms with Crippen LogP contribution in [0.2, 0.25) is 5.02 Å². The maximum atomic E-state index is 15.3. The summed E-state index contributed by atoms with van der Waals surface area (Å²) in [5.41, 5.74) is 2.60. The van der Waals surface area contributed by atoms with Crippen molar-refractivity contribution in [3.63, 3.8) is 0 Å². The van der Waals surface area contributed by atoms with E-state index in [1.807, 2.05) is 68.4 Å². The van der Waals surface area contributed by atoms with E-state index in [-0.39, 0.29) is 35.8 Å². The lowest BCUT2D eigenvalue weighted by Crippen LogP contribution is -2.49. The number of fused-ring (bicyclic) bond motifs is 6. The number of anilines is 2. The van der Waals surface area contributed by atoms with Gasteiger partial charge in [0.05, 0.1) is 33.7 Å². The van der Waals surface area contributed by atoms with Crippen molar-refractivity contribution >= 4 is 78.9 Å². The van der Waals surface area contributed by atoms with Gasteiger partial charge in [0.15, 0.2) is 0 Å². The van der Waals surface area contributed by atoms with Gasteiger partial charge in [0.1, 0.15) is 17.3 Å². The highest BCUT2D eigenvalue weighted by molar-refractivity contribution is 7.22. The van der Waals surface area contributed by atoms with E-state index in [0.717, 1.165) is 37.0 Å². The Hall–Kier alpha value is -5.58. The number of allylic oxidation sites excluding steroid dienone is 2. The van der Waals surface area contributed by atoms with E-state index in [4.69, 9.17) is 16.7 Å². The van der Waals surface area contributed by atoms with Crippen LogP contribution in [0.15, 0.2) is 103 Å². The monoisotopic (exact) mass is 766 g/mol. The zero-order valence-corrected chi connectivity index (χ0v) is 31.8. The highest BCUT2D eigenvalue weighted by atomic mass is 35.5. The predicted molar refractivity (Wildman–Crippen MR) is 213 cm³/mol. The number of imide groups is 2. The van der Waals surface area contributed by atoms with Gasteiger partial charge in [0, 0.05) is 34.1 Å². The average Bonchev–Trinajstić information content (AvgIpc) is 3.86. The van der Waals surface area contributed by atoms with Gasteiger partial charge in [-0.1, -0.05) is 71.8 Å². The van der Waals surface area contributed by atoms with Crippen LogP contribution >= 0.6 is 22.9 Å². The number of amides is 4. The number of para-hydroxylation sites is 1. The van der Waals surface area contributed by atoms with Crippen LogP contribution in [0.5, 0.6) is 5.75 Å². The topological polar surface area (TPSA) is 113 Å². The number of hydrogen-bond donors (Lipinski definition) is 1. The minimum absolute atomic E-state index is 0.109. The maximum Gasteiger partial charge on any atom is 0.242 e. The molecule has 4 amide bonds. The molecule has 274 valence electrons. The maximum absolute atomic E-state index is 15.3. The molecule has 0 radical (unpaired) electrons. The lowest BCUT2D eigenvalue weighted by atomic mass is 9.51. The number of carbonyl (C=O) groups is 4. The summed E-state index contributed by atoms with van der Waals surface area (Å²) in [4.78, 5) is 62.3. The number of rotatable bonds is 4. The number of aryl methyl sites for hydroxylation is 2. The molecule has 2 aliphatic carbocycles. The summed E-state index contributed by atoms with van der Waals surface area (Å²) in [6.07, 6.45) is 2.63. The van der Waals surface area contributed by atoms with Crippen LogP contribution < -0.4 is 9.80 Å². The summed E-state index contributed by atoms with van der Waals surface area (Å²) in [5.74, 6) is -3.91. The van der Waals surface area contributed by atoms with Gasteiger partial charge in [-0.3, -0.25) is 28.8 Å². The molecular weight excluding hydrogens is 732 g/mol. The molecule has 2 aliphatic heterocycles. The van der Waals surface area contributed by atoms with Crippen LogP contribution in [0.4, 0.5) is 11.5 Å². The van der Waals surface area contributed by atoms with Crippen molar-refractivity contribution in [1.82, 2.24) is 9.78 Å². The Morgan fingerprint density at radius 1 is 0.836 bits per heavy atom. The molecular formula is C44H35ClN4O5S. The fourth-order valence-corrected chi connectivity index (χ4v) is 11.5. The number of hydrogen-bond acceptors (Lipinski definition) is 7. The van der Waals surface area contributed by atoms with Gasteiger partial charge < -0.3 is 5.11 Å². The van der Waals surface area contributed by atoms with E-state index < -0.39 is 35.0 Å². The van der Waals surface area contributed by atoms with Gasteiger partial charge in [-0.2, -0.15) is 5.10 Å². The molecule has 55 heavy (non-hydrogen) atoms. The van der Waals surface area contributed by atoms with E-state index in [0.29, 0.717) is 34.0 Å². The number of nitrogens with zero attached hydrogens (tertiary/aromatic N) is 4. The number of thiophene rings is 1. The van der Waals surface area contributed by atoms with Gasteiger partial charge in [-0.15, -0.1) is 11.3 Å². The Kier molecular flexibility index (Phi) is 7.38. The average molecular weight is 767 g/mol. The van der Waals surface area contributed by atoms with Gasteiger partial charge in [-0.25, -0.2) is 4.90 Å². The van der Waals surface area contributed by atoms with E-state index in [9.17, 15) is 14.7 Å². The zero-order chi connectivity index (χ0) is 38.1. The van der Waals surface area contributed by atoms with Crippen molar-refractivity contribution < 1.29 is 24.3 Å². The zero-order valence-electron chi connectivity index (χ0n) is 30.2. The molecule has 4 aromatic carbocycles. The number of phenols is 1. The van der Waals surface area contributed by atoms with Crippen LogP contribution in [0.25, 0.3) is 31.4 Å². The highest BCUT2D eigenvalue weighted by Crippen LogP contribution is 2.64. The molecule has 4 aliphatic rings. The van der Waals surface area contributed by atoms with Crippen molar-refractivity contribution in [3.8, 4) is 16.3 Å². The molecule has 0 spiro atoms. The van der Waals surface area contributed by atoms with Crippen LogP contribution in [0.1, 0.15) is 36.8 Å². The quantitative estimate of drug-likeness (QED) is 0.142. The van der Waals surface area contributed by atoms with E-state index >= 15 is 9.59 Å². The smallest absolute Gasteiger partial charge is 0.242 e. The Morgan fingerprint density at radius 2 is 1.58 bits per heavy atom. The number of phenolic OH excluding ortho intramolecular Hbond substituents is 1. The summed E-state index contributed by atoms with van der Waals surface area (Å²) < 4.78 is 2.65. The number of aromatic hydroxyl groups is 1. The third-order valence-corrected chi connectivity index (χ3v) is 14.3. The SMILES string of the molecule is Cc1c(-c2cc(N3C(=O)C4CC5C(=CCC6C(=O)N(c7ccccc7)C(=O)C65)C(c5ccc(O)c6ccccc56)C4(C)C3=O)n(C)n2)sc2ccc(Cl)cc12. The fraction of sp³-hybridized carbons (Fsp3) is 0.250. The minimum Gasteiger partial charge on any atom is -0.507 e. The Labute approximate surface area is 325 Å². The first kappa shape index (κ1) is 33.9. The second-order valence-electron chi connectivity index (χ2n) is 15.4. The van der Waals surface area contributed by atoms with Gasteiger partial charge in [0.2, 0.25) is 23.6 Å². The van der Waals surface area contributed by atoms with Gasteiger partial charge >= 0.3 is 0 Å². The van der Waals surface area contributed by atoms with Crippen molar-refractivity contribution in [3.05, 3.63) is 119 Å². The van der Waals surface area contributed by atoms with Crippen molar-refractivity contribution in [2.75, 3.05) is 9.80 Å². The van der Waals surface area contributed by atoms with Crippen LogP contribution in [-0.4, -0.2) is 38.5 Å². The highest BCUT2D eigenvalue weighted by Gasteiger charge is 2.68. The number of aromatic nitrogens is 2. The molecule has 2 aromatic heterocycles. The largest absolute Gasteiger partial charge is 0.507 e. The molecule has 6 unspecified atom stereocenters. The summed E-state index contributed by atoms with van der Waals surface area (Å²) >= 11 is 7.91. The van der Waals surface area contributed by atoms with Crippen molar-refractivity contribution in [2.24, 2.45) is 36.1 Å². The Balaban J connectivity index is 1.12. The third-order valence-electron chi connectivity index (χ3n) is 12.7. The molecule has 9 nitrogen and oxygen atoms in total. The molecule has 4 heterocycles. The standard InChI is InChI=1S/C44H35ClN4O5S/c1-22-30-19-23(45)13-18-35(30)55-39(22)33-21-36(47(3)46-33)49-41(52)32-20-31-28(14-15-29-37(31)42(53)48(40(29)51)24-9-5-4-6-10-24)38(44(32,2)43(49)54)27-16-17-34(50)26-12-8-7-11-25(26)27/h4-14,16-19,21,29,31-32,37-38,50H,15,20H2,1-3H3. The second-order valence-corrected chi connectivity index (χ2v) is 16.9. The third kappa shape index (κ3) is 4.61. The molecule has 6 aromatic rings. The molecule has 10 rings (SSSR count). The van der Waals surface area contributed by atoms with Crippen LogP contribution in [0, 0.1) is 36.0 Å². The first-order valence-corrected chi connectivity index (χ1v) is 19.6. The van der Waals surface area contributed by atoms with Crippen molar-refractivity contribution in [2.45, 2.75) is 32.6 Å². The predicted octanol–water partition coefficient (Wildman–Crippen LogP) is 8.56. The van der Waals surface area contributed by atoms with E-state index in [1.54, 1.807) is 59.5 Å². The number of benzene rings is 4. The first-order valence-electron chi connectivity index (χ1n) is 18.4. The van der Waals surface area contributed by atoms with Gasteiger partial charge in [0.25, 0.3) is 0 Å². The van der Waals surface area contributed by atoms with Crippen molar-refractivity contribution in [1.29, 1.82) is 0 Å². The van der Waals surface area contributed by atoms with E-state index in [2.05, 4.69) is 6.08 Å². The summed E-state index contributed by atoms with van der Waals surface area (Å²) in [6.45, 7) is 3.90. The van der Waals surface area contributed by atoms with Gasteiger partial charge in [-0.05, 0) is 90.9 Å².